The lowest BCUT2D eigenvalue weighted by atomic mass is 9.80. The first-order valence-electron chi connectivity index (χ1n) is 5.91. The van der Waals surface area contributed by atoms with Crippen LogP contribution in [-0.2, 0) is 11.2 Å². The maximum Gasteiger partial charge on any atom is 0.144 e. The zero-order chi connectivity index (χ0) is 13.1. The first kappa shape index (κ1) is 13.8. The second-order valence-electron chi connectivity index (χ2n) is 4.79. The molecule has 2 N–H and O–H groups in total. The van der Waals surface area contributed by atoms with Crippen molar-refractivity contribution in [3.63, 3.8) is 0 Å². The highest BCUT2D eigenvalue weighted by atomic mass is 19.1. The number of benzene rings is 1. The summed E-state index contributed by atoms with van der Waals surface area (Å²) < 4.78 is 13.1. The fraction of sp³-hybridized carbons (Fsp3) is 0.500. The van der Waals surface area contributed by atoms with E-state index in [1.807, 2.05) is 20.8 Å². The Kier molecular flexibility index (Phi) is 4.40. The van der Waals surface area contributed by atoms with E-state index in [9.17, 15) is 9.18 Å². The highest BCUT2D eigenvalue weighted by Gasteiger charge is 2.29. The molecule has 1 unspecified atom stereocenters. The number of rotatable bonds is 5. The Bertz CT molecular complexity index is 411. The third-order valence-electron chi connectivity index (χ3n) is 3.57. The van der Waals surface area contributed by atoms with Gasteiger partial charge in [0.15, 0.2) is 0 Å². The smallest absolute Gasteiger partial charge is 0.144 e. The van der Waals surface area contributed by atoms with E-state index in [-0.39, 0.29) is 18.0 Å². The van der Waals surface area contributed by atoms with Gasteiger partial charge in [0.05, 0.1) is 0 Å². The molecule has 0 saturated heterocycles. The van der Waals surface area contributed by atoms with Crippen molar-refractivity contribution in [1.29, 1.82) is 0 Å². The predicted molar refractivity (Wildman–Crippen MR) is 67.3 cm³/mol. The summed E-state index contributed by atoms with van der Waals surface area (Å²) in [6.45, 7) is 6.03. The van der Waals surface area contributed by atoms with Crippen LogP contribution in [0.3, 0.4) is 0 Å². The SMILES string of the molecule is CCC(C)(CN)C(=O)Cc1cc(F)ccc1C. The van der Waals surface area contributed by atoms with Gasteiger partial charge in [-0.1, -0.05) is 19.9 Å². The first-order chi connectivity index (χ1) is 7.92. The summed E-state index contributed by atoms with van der Waals surface area (Å²) >= 11 is 0. The van der Waals surface area contributed by atoms with Gasteiger partial charge in [-0.15, -0.1) is 0 Å². The van der Waals surface area contributed by atoms with Crippen LogP contribution in [0.4, 0.5) is 4.39 Å². The van der Waals surface area contributed by atoms with Gasteiger partial charge in [-0.05, 0) is 36.6 Å². The molecular formula is C14H20FNO. The van der Waals surface area contributed by atoms with Crippen molar-refractivity contribution in [2.75, 3.05) is 6.54 Å². The molecule has 94 valence electrons. The van der Waals surface area contributed by atoms with Crippen LogP contribution >= 0.6 is 0 Å². The fourth-order valence-corrected chi connectivity index (χ4v) is 1.67. The first-order valence-corrected chi connectivity index (χ1v) is 5.91. The van der Waals surface area contributed by atoms with Gasteiger partial charge in [0.1, 0.15) is 11.6 Å². The van der Waals surface area contributed by atoms with Crippen molar-refractivity contribution >= 4 is 5.78 Å². The van der Waals surface area contributed by atoms with Crippen molar-refractivity contribution < 1.29 is 9.18 Å². The second kappa shape index (κ2) is 5.41. The third kappa shape index (κ3) is 3.13. The molecule has 0 bridgehead atoms. The minimum atomic E-state index is -0.501. The van der Waals surface area contributed by atoms with E-state index in [1.54, 1.807) is 6.07 Å². The van der Waals surface area contributed by atoms with Crippen LogP contribution in [0.5, 0.6) is 0 Å². The van der Waals surface area contributed by atoms with Gasteiger partial charge in [-0.25, -0.2) is 4.39 Å². The van der Waals surface area contributed by atoms with Crippen LogP contribution < -0.4 is 5.73 Å². The minimum absolute atomic E-state index is 0.0798. The Morgan fingerprint density at radius 1 is 1.47 bits per heavy atom. The lowest BCUT2D eigenvalue weighted by Crippen LogP contribution is -2.36. The molecule has 0 aliphatic rings. The Labute approximate surface area is 102 Å². The Morgan fingerprint density at radius 3 is 2.65 bits per heavy atom. The van der Waals surface area contributed by atoms with Gasteiger partial charge in [0.25, 0.3) is 0 Å². The van der Waals surface area contributed by atoms with E-state index in [4.69, 9.17) is 5.73 Å². The molecule has 0 heterocycles. The monoisotopic (exact) mass is 237 g/mol. The maximum absolute atomic E-state index is 13.1. The summed E-state index contributed by atoms with van der Waals surface area (Å²) in [7, 11) is 0. The predicted octanol–water partition coefficient (Wildman–Crippen LogP) is 2.62. The molecule has 0 amide bonds. The van der Waals surface area contributed by atoms with E-state index in [1.165, 1.54) is 12.1 Å². The summed E-state index contributed by atoms with van der Waals surface area (Å²) in [5.41, 5.74) is 6.84. The molecule has 0 aliphatic heterocycles. The number of carbonyl (C=O) groups excluding carboxylic acids is 1. The summed E-state index contributed by atoms with van der Waals surface area (Å²) in [5.74, 6) is -0.222. The molecule has 2 nitrogen and oxygen atoms in total. The molecule has 0 aliphatic carbocycles. The van der Waals surface area contributed by atoms with Crippen LogP contribution in [0.15, 0.2) is 18.2 Å². The average molecular weight is 237 g/mol. The van der Waals surface area contributed by atoms with Gasteiger partial charge >= 0.3 is 0 Å². The molecule has 1 aromatic rings. The van der Waals surface area contributed by atoms with E-state index >= 15 is 0 Å². The lowest BCUT2D eigenvalue weighted by molar-refractivity contribution is -0.126. The van der Waals surface area contributed by atoms with Gasteiger partial charge in [0.2, 0.25) is 0 Å². The molecule has 0 spiro atoms. The number of nitrogens with two attached hydrogens (primary N) is 1. The zero-order valence-electron chi connectivity index (χ0n) is 10.7. The van der Waals surface area contributed by atoms with E-state index in [0.717, 1.165) is 11.1 Å². The number of halogens is 1. The van der Waals surface area contributed by atoms with Crippen molar-refractivity contribution in [1.82, 2.24) is 0 Å². The minimum Gasteiger partial charge on any atom is -0.329 e. The van der Waals surface area contributed by atoms with Crippen LogP contribution in [-0.4, -0.2) is 12.3 Å². The van der Waals surface area contributed by atoms with Crippen molar-refractivity contribution in [3.8, 4) is 0 Å². The summed E-state index contributed by atoms with van der Waals surface area (Å²) in [4.78, 5) is 12.2. The summed E-state index contributed by atoms with van der Waals surface area (Å²) in [5, 5.41) is 0. The number of carbonyl (C=O) groups is 1. The van der Waals surface area contributed by atoms with Gasteiger partial charge in [-0.2, -0.15) is 0 Å². The van der Waals surface area contributed by atoms with Crippen molar-refractivity contribution in [2.24, 2.45) is 11.1 Å². The second-order valence-corrected chi connectivity index (χ2v) is 4.79. The number of hydrogen-bond acceptors (Lipinski definition) is 2. The standard InChI is InChI=1S/C14H20FNO/c1-4-14(3,9-16)13(17)8-11-7-12(15)6-5-10(11)2/h5-7H,4,8-9,16H2,1-3H3. The molecule has 0 saturated carbocycles. The number of ketones is 1. The van der Waals surface area contributed by atoms with Gasteiger partial charge in [-0.3, -0.25) is 4.79 Å². The molecule has 0 aromatic heterocycles. The van der Waals surface area contributed by atoms with Crippen molar-refractivity contribution in [3.05, 3.63) is 35.1 Å². The molecule has 17 heavy (non-hydrogen) atoms. The van der Waals surface area contributed by atoms with Crippen LogP contribution in [0.25, 0.3) is 0 Å². The largest absolute Gasteiger partial charge is 0.329 e. The Balaban J connectivity index is 2.91. The highest BCUT2D eigenvalue weighted by Crippen LogP contribution is 2.24. The quantitative estimate of drug-likeness (QED) is 0.855. The molecule has 0 radical (unpaired) electrons. The maximum atomic E-state index is 13.1. The molecule has 1 atom stereocenters. The topological polar surface area (TPSA) is 43.1 Å². The molecule has 0 fully saturated rings. The van der Waals surface area contributed by atoms with Crippen LogP contribution in [0.1, 0.15) is 31.4 Å². The highest BCUT2D eigenvalue weighted by molar-refractivity contribution is 5.86. The molecule has 1 aromatic carbocycles. The molecular weight excluding hydrogens is 217 g/mol. The normalized spacial score (nSPS) is 14.4. The Hall–Kier alpha value is -1.22. The van der Waals surface area contributed by atoms with E-state index in [0.29, 0.717) is 13.0 Å². The zero-order valence-corrected chi connectivity index (χ0v) is 10.7. The van der Waals surface area contributed by atoms with Gasteiger partial charge < -0.3 is 5.73 Å². The van der Waals surface area contributed by atoms with E-state index in [2.05, 4.69) is 0 Å². The van der Waals surface area contributed by atoms with Crippen molar-refractivity contribution in [2.45, 2.75) is 33.6 Å². The van der Waals surface area contributed by atoms with E-state index < -0.39 is 5.41 Å². The van der Waals surface area contributed by atoms with Crippen LogP contribution in [0, 0.1) is 18.2 Å². The third-order valence-corrected chi connectivity index (χ3v) is 3.57. The number of hydrogen-bond donors (Lipinski definition) is 1. The number of Topliss-reactive ketones (excluding diaryl/α,β-unsaturated/α-hetero) is 1. The fourth-order valence-electron chi connectivity index (χ4n) is 1.67. The average Bonchev–Trinajstić information content (AvgIpc) is 2.32. The number of aryl methyl sites for hydroxylation is 1. The molecule has 3 heteroatoms. The Morgan fingerprint density at radius 2 is 2.12 bits per heavy atom. The summed E-state index contributed by atoms with van der Waals surface area (Å²) in [6, 6.07) is 4.54. The van der Waals surface area contributed by atoms with Crippen LogP contribution in [0.2, 0.25) is 0 Å². The summed E-state index contributed by atoms with van der Waals surface area (Å²) in [6.07, 6.45) is 0.960. The van der Waals surface area contributed by atoms with Gasteiger partial charge in [0, 0.05) is 18.4 Å². The molecule has 1 rings (SSSR count). The lowest BCUT2D eigenvalue weighted by Gasteiger charge is -2.24.